The molecule has 0 unspecified atom stereocenters. The molecular weight excluding hydrogens is 502 g/mol. The number of nitrogens with zero attached hydrogens (tertiary/aromatic N) is 5. The van der Waals surface area contributed by atoms with Gasteiger partial charge < -0.3 is 9.80 Å². The minimum atomic E-state index is -0.176. The van der Waals surface area contributed by atoms with Crippen LogP contribution in [0.3, 0.4) is 0 Å². The number of amides is 1. The van der Waals surface area contributed by atoms with Crippen molar-refractivity contribution in [1.82, 2.24) is 14.3 Å². The van der Waals surface area contributed by atoms with Gasteiger partial charge in [-0.2, -0.15) is 0 Å². The van der Waals surface area contributed by atoms with Gasteiger partial charge in [0.15, 0.2) is 0 Å². The molecule has 192 valence electrons. The van der Waals surface area contributed by atoms with E-state index in [0.717, 1.165) is 51.0 Å². The van der Waals surface area contributed by atoms with Crippen LogP contribution < -0.4 is 15.4 Å². The van der Waals surface area contributed by atoms with Gasteiger partial charge in [-0.3, -0.25) is 18.9 Å². The average molecular weight is 534 g/mol. The molecule has 4 heterocycles. The highest BCUT2D eigenvalue weighted by Crippen LogP contribution is 2.34. The maximum atomic E-state index is 13.8. The number of hydrogen-bond acceptors (Lipinski definition) is 7. The minimum absolute atomic E-state index is 0.125. The SMILES string of the molecule is CCCCCN1C(=O)C(=Cc2c(N3CCN(c4ccccc4)CC3)nc3c(C)cccn3c2=O)SC1=S. The predicted molar refractivity (Wildman–Crippen MR) is 156 cm³/mol. The molecule has 1 amide bonds. The molecule has 3 aromatic rings. The first-order valence-corrected chi connectivity index (χ1v) is 14.0. The van der Waals surface area contributed by atoms with Crippen LogP contribution >= 0.6 is 24.0 Å². The largest absolute Gasteiger partial charge is 0.368 e. The van der Waals surface area contributed by atoms with E-state index in [1.165, 1.54) is 17.4 Å². The highest BCUT2D eigenvalue weighted by molar-refractivity contribution is 8.26. The van der Waals surface area contributed by atoms with Gasteiger partial charge in [0.25, 0.3) is 11.5 Å². The number of carbonyl (C=O) groups is 1. The molecule has 9 heteroatoms. The first-order chi connectivity index (χ1) is 18.0. The van der Waals surface area contributed by atoms with Crippen LogP contribution in [0.2, 0.25) is 0 Å². The van der Waals surface area contributed by atoms with Gasteiger partial charge in [-0.25, -0.2) is 4.98 Å². The van der Waals surface area contributed by atoms with Crippen LogP contribution in [0.5, 0.6) is 0 Å². The van der Waals surface area contributed by atoms with Gasteiger partial charge in [0.1, 0.15) is 15.8 Å². The van der Waals surface area contributed by atoms with E-state index in [0.29, 0.717) is 32.8 Å². The summed E-state index contributed by atoms with van der Waals surface area (Å²) in [6.45, 7) is 7.78. The van der Waals surface area contributed by atoms with Crippen LogP contribution in [0.4, 0.5) is 11.5 Å². The van der Waals surface area contributed by atoms with Crippen LogP contribution in [0.15, 0.2) is 58.4 Å². The summed E-state index contributed by atoms with van der Waals surface area (Å²) in [5, 5.41) is 0. The van der Waals surface area contributed by atoms with Crippen molar-refractivity contribution in [3.05, 3.63) is 75.0 Å². The number of thiocarbonyl (C=S) groups is 1. The molecule has 0 spiro atoms. The number of benzene rings is 1. The van der Waals surface area contributed by atoms with Gasteiger partial charge in [-0.1, -0.05) is 68.0 Å². The molecule has 37 heavy (non-hydrogen) atoms. The molecule has 0 radical (unpaired) electrons. The maximum Gasteiger partial charge on any atom is 0.267 e. The van der Waals surface area contributed by atoms with Gasteiger partial charge in [-0.15, -0.1) is 0 Å². The van der Waals surface area contributed by atoms with E-state index >= 15 is 0 Å². The number of carbonyl (C=O) groups excluding carboxylic acids is 1. The topological polar surface area (TPSA) is 61.2 Å². The molecular formula is C28H31N5O2S2. The molecule has 2 fully saturated rings. The lowest BCUT2D eigenvalue weighted by atomic mass is 10.2. The Morgan fingerprint density at radius 2 is 1.73 bits per heavy atom. The maximum absolute atomic E-state index is 13.8. The summed E-state index contributed by atoms with van der Waals surface area (Å²) in [6, 6.07) is 14.2. The molecule has 5 rings (SSSR count). The Labute approximate surface area is 226 Å². The Bertz CT molecular complexity index is 1410. The Hall–Kier alpha value is -3.17. The van der Waals surface area contributed by atoms with Gasteiger partial charge in [0.2, 0.25) is 0 Å². The monoisotopic (exact) mass is 533 g/mol. The lowest BCUT2D eigenvalue weighted by Crippen LogP contribution is -2.47. The highest BCUT2D eigenvalue weighted by Gasteiger charge is 2.33. The minimum Gasteiger partial charge on any atom is -0.368 e. The third-order valence-corrected chi connectivity index (χ3v) is 8.28. The molecule has 0 aliphatic carbocycles. The number of hydrogen-bond donors (Lipinski definition) is 0. The number of para-hydroxylation sites is 1. The summed E-state index contributed by atoms with van der Waals surface area (Å²) in [4.78, 5) is 38.6. The third-order valence-electron chi connectivity index (χ3n) is 6.90. The van der Waals surface area contributed by atoms with Crippen molar-refractivity contribution in [2.75, 3.05) is 42.5 Å². The molecule has 1 aromatic carbocycles. The zero-order valence-corrected chi connectivity index (χ0v) is 22.9. The fraction of sp³-hybridized carbons (Fsp3) is 0.357. The molecule has 0 N–H and O–H groups in total. The number of rotatable bonds is 7. The summed E-state index contributed by atoms with van der Waals surface area (Å²) in [6.07, 6.45) is 6.48. The van der Waals surface area contributed by atoms with Crippen LogP contribution in [-0.2, 0) is 4.79 Å². The van der Waals surface area contributed by atoms with Crippen molar-refractivity contribution in [2.45, 2.75) is 33.1 Å². The lowest BCUT2D eigenvalue weighted by Gasteiger charge is -2.37. The summed E-state index contributed by atoms with van der Waals surface area (Å²) in [5.41, 5.74) is 3.02. The van der Waals surface area contributed by atoms with E-state index in [1.807, 2.05) is 37.3 Å². The highest BCUT2D eigenvalue weighted by atomic mass is 32.2. The molecule has 0 saturated carbocycles. The van der Waals surface area contributed by atoms with Crippen molar-refractivity contribution in [3.63, 3.8) is 0 Å². The van der Waals surface area contributed by atoms with Gasteiger partial charge in [-0.05, 0) is 43.2 Å². The molecule has 0 atom stereocenters. The standard InChI is InChI=1S/C28H31N5O2S2/c1-3-4-8-13-33-27(35)23(37-28(33)36)19-22-25(29-24-20(2)10-9-14-32(24)26(22)34)31-17-15-30(16-18-31)21-11-6-5-7-12-21/h5-7,9-12,14,19H,3-4,8,13,15-18H2,1-2H3. The van der Waals surface area contributed by atoms with E-state index in [-0.39, 0.29) is 11.5 Å². The van der Waals surface area contributed by atoms with Crippen molar-refractivity contribution in [1.29, 1.82) is 0 Å². The van der Waals surface area contributed by atoms with Crippen LogP contribution in [0.1, 0.15) is 37.3 Å². The van der Waals surface area contributed by atoms with E-state index in [4.69, 9.17) is 17.2 Å². The summed E-state index contributed by atoms with van der Waals surface area (Å²) in [7, 11) is 0. The zero-order valence-electron chi connectivity index (χ0n) is 21.2. The van der Waals surface area contributed by atoms with Crippen LogP contribution in [0, 0.1) is 6.92 Å². The lowest BCUT2D eigenvalue weighted by molar-refractivity contribution is -0.122. The van der Waals surface area contributed by atoms with Crippen molar-refractivity contribution >= 4 is 57.4 Å². The molecule has 0 bridgehead atoms. The number of piperazine rings is 1. The fourth-order valence-corrected chi connectivity index (χ4v) is 6.12. The second-order valence-electron chi connectivity index (χ2n) is 9.39. The Kier molecular flexibility index (Phi) is 7.62. The normalized spacial score (nSPS) is 17.5. The molecule has 2 saturated heterocycles. The number of unbranched alkanes of at least 4 members (excludes halogenated alkanes) is 2. The van der Waals surface area contributed by atoms with Crippen molar-refractivity contribution < 1.29 is 4.79 Å². The number of thioether (sulfide) groups is 1. The van der Waals surface area contributed by atoms with Crippen LogP contribution in [0.25, 0.3) is 11.7 Å². The van der Waals surface area contributed by atoms with E-state index in [2.05, 4.69) is 28.9 Å². The second-order valence-corrected chi connectivity index (χ2v) is 11.1. The number of fused-ring (bicyclic) bond motifs is 1. The third kappa shape index (κ3) is 5.15. The number of aromatic nitrogens is 2. The van der Waals surface area contributed by atoms with E-state index < -0.39 is 0 Å². The molecule has 7 nitrogen and oxygen atoms in total. The van der Waals surface area contributed by atoms with Gasteiger partial charge in [0, 0.05) is 44.6 Å². The summed E-state index contributed by atoms with van der Waals surface area (Å²) < 4.78 is 2.13. The summed E-state index contributed by atoms with van der Waals surface area (Å²) >= 11 is 6.79. The number of aryl methyl sites for hydroxylation is 1. The summed E-state index contributed by atoms with van der Waals surface area (Å²) in [5.74, 6) is 0.503. The number of anilines is 2. The number of pyridine rings is 1. The first-order valence-electron chi connectivity index (χ1n) is 12.8. The van der Waals surface area contributed by atoms with Gasteiger partial charge in [0.05, 0.1) is 10.5 Å². The van der Waals surface area contributed by atoms with Crippen LogP contribution in [-0.4, -0.2) is 57.2 Å². The van der Waals surface area contributed by atoms with E-state index in [9.17, 15) is 9.59 Å². The molecule has 2 aliphatic rings. The van der Waals surface area contributed by atoms with Gasteiger partial charge >= 0.3 is 0 Å². The Morgan fingerprint density at radius 1 is 1.00 bits per heavy atom. The average Bonchev–Trinajstić information content (AvgIpc) is 3.18. The first kappa shape index (κ1) is 25.5. The quantitative estimate of drug-likeness (QED) is 0.247. The second kappa shape index (κ2) is 11.1. The smallest absolute Gasteiger partial charge is 0.267 e. The van der Waals surface area contributed by atoms with Crippen molar-refractivity contribution in [2.24, 2.45) is 0 Å². The molecule has 2 aliphatic heterocycles. The van der Waals surface area contributed by atoms with Crippen molar-refractivity contribution in [3.8, 4) is 0 Å². The Morgan fingerprint density at radius 3 is 2.46 bits per heavy atom. The molecule has 2 aromatic heterocycles. The Balaban J connectivity index is 1.51. The predicted octanol–water partition coefficient (Wildman–Crippen LogP) is 4.72. The fourth-order valence-electron chi connectivity index (χ4n) is 4.83. The zero-order chi connectivity index (χ0) is 25.9. The van der Waals surface area contributed by atoms with E-state index in [1.54, 1.807) is 21.6 Å².